The van der Waals surface area contributed by atoms with Crippen molar-refractivity contribution in [2.45, 2.75) is 77.5 Å². The number of aromatic nitrogens is 3. The SMILES string of the molecule is C[C@@H](COc1nc(N2C3CCC2CN(C(=O)O)C3)c2c3c(c(-c4ncc(F)c5sc(NC(=O)OC(C)(C)C)c(C#N)c45)c(F)c2n1)COC3)N1CCOCC1. The minimum Gasteiger partial charge on any atom is -0.465 e. The normalized spacial score (nSPS) is 20.5. The predicted octanol–water partition coefficient (Wildman–Crippen LogP) is 5.86. The molecule has 0 aliphatic carbocycles. The van der Waals surface area contributed by atoms with E-state index in [1.807, 2.05) is 6.92 Å². The molecule has 2 N–H and O–H groups in total. The van der Waals surface area contributed by atoms with Crippen molar-refractivity contribution in [2.24, 2.45) is 0 Å². The van der Waals surface area contributed by atoms with Gasteiger partial charge in [0.05, 0.1) is 54.0 Å². The van der Waals surface area contributed by atoms with Crippen LogP contribution in [0.2, 0.25) is 0 Å². The summed E-state index contributed by atoms with van der Waals surface area (Å²) in [5, 5.41) is 23.2. The lowest BCUT2D eigenvalue weighted by molar-refractivity contribution is 0.00974. The Bertz CT molecular complexity index is 2240. The Labute approximate surface area is 318 Å². The van der Waals surface area contributed by atoms with Crippen molar-refractivity contribution < 1.29 is 42.4 Å². The maximum Gasteiger partial charge on any atom is 0.412 e. The van der Waals surface area contributed by atoms with Gasteiger partial charge in [-0.05, 0) is 51.7 Å². The zero-order valence-corrected chi connectivity index (χ0v) is 31.6. The van der Waals surface area contributed by atoms with Crippen molar-refractivity contribution in [3.05, 3.63) is 34.5 Å². The second-order valence-corrected chi connectivity index (χ2v) is 16.2. The summed E-state index contributed by atoms with van der Waals surface area (Å²) in [6.07, 6.45) is 0.563. The van der Waals surface area contributed by atoms with Gasteiger partial charge in [-0.3, -0.25) is 15.2 Å². The molecule has 55 heavy (non-hydrogen) atoms. The van der Waals surface area contributed by atoms with Gasteiger partial charge < -0.3 is 33.9 Å². The van der Waals surface area contributed by atoms with Crippen LogP contribution in [0.3, 0.4) is 0 Å². The first-order valence-corrected chi connectivity index (χ1v) is 19.0. The summed E-state index contributed by atoms with van der Waals surface area (Å²) in [5.41, 5.74) is 0.0113. The lowest BCUT2D eigenvalue weighted by atomic mass is 9.93. The van der Waals surface area contributed by atoms with E-state index in [1.165, 1.54) is 4.90 Å². The molecule has 4 aliphatic heterocycles. The first-order chi connectivity index (χ1) is 26.3. The third-order valence-corrected chi connectivity index (χ3v) is 11.6. The average molecular weight is 779 g/mol. The molecule has 4 aliphatic rings. The molecule has 18 heteroatoms. The van der Waals surface area contributed by atoms with E-state index >= 15 is 8.78 Å². The van der Waals surface area contributed by atoms with E-state index in [9.17, 15) is 20.0 Å². The molecular weight excluding hydrogens is 739 g/mol. The Morgan fingerprint density at radius 3 is 2.49 bits per heavy atom. The molecule has 0 radical (unpaired) electrons. The van der Waals surface area contributed by atoms with Crippen LogP contribution < -0.4 is 15.0 Å². The fourth-order valence-corrected chi connectivity index (χ4v) is 9.10. The number of nitrogens with one attached hydrogen (secondary N) is 1. The van der Waals surface area contributed by atoms with Gasteiger partial charge in [0.25, 0.3) is 0 Å². The van der Waals surface area contributed by atoms with Crippen LogP contribution in [0.15, 0.2) is 6.20 Å². The number of rotatable bonds is 7. The van der Waals surface area contributed by atoms with Gasteiger partial charge in [0.15, 0.2) is 11.6 Å². The number of nitriles is 1. The first kappa shape index (κ1) is 37.0. The van der Waals surface area contributed by atoms with Gasteiger partial charge in [-0.1, -0.05) is 0 Å². The maximum absolute atomic E-state index is 17.6. The summed E-state index contributed by atoms with van der Waals surface area (Å²) < 4.78 is 56.2. The Kier molecular flexibility index (Phi) is 9.60. The van der Waals surface area contributed by atoms with E-state index in [0.717, 1.165) is 43.5 Å². The van der Waals surface area contributed by atoms with Crippen LogP contribution in [-0.2, 0) is 27.4 Å². The number of thiophene rings is 1. The number of pyridine rings is 1. The molecule has 15 nitrogen and oxygen atoms in total. The second-order valence-electron chi connectivity index (χ2n) is 15.2. The Balaban J connectivity index is 1.30. The number of benzene rings is 1. The quantitative estimate of drug-likeness (QED) is 0.228. The molecule has 2 amide bonds. The van der Waals surface area contributed by atoms with E-state index in [4.69, 9.17) is 23.9 Å². The minimum atomic E-state index is -0.997. The number of piperazine rings is 1. The van der Waals surface area contributed by atoms with Crippen molar-refractivity contribution in [1.82, 2.24) is 24.8 Å². The predicted molar refractivity (Wildman–Crippen MR) is 197 cm³/mol. The second kappa shape index (κ2) is 14.3. The Morgan fingerprint density at radius 2 is 1.82 bits per heavy atom. The zero-order valence-electron chi connectivity index (χ0n) is 30.8. The summed E-state index contributed by atoms with van der Waals surface area (Å²) in [6, 6.07) is 1.55. The molecule has 8 rings (SSSR count). The van der Waals surface area contributed by atoms with Crippen LogP contribution >= 0.6 is 11.3 Å². The largest absolute Gasteiger partial charge is 0.465 e. The van der Waals surface area contributed by atoms with Crippen molar-refractivity contribution in [1.29, 1.82) is 5.26 Å². The van der Waals surface area contributed by atoms with Crippen LogP contribution in [0, 0.1) is 23.0 Å². The molecule has 7 heterocycles. The van der Waals surface area contributed by atoms with Gasteiger partial charge in [-0.2, -0.15) is 15.2 Å². The molecule has 2 unspecified atom stereocenters. The summed E-state index contributed by atoms with van der Waals surface area (Å²) in [4.78, 5) is 44.4. The lowest BCUT2D eigenvalue weighted by Gasteiger charge is -2.41. The third-order valence-electron chi connectivity index (χ3n) is 10.5. The third kappa shape index (κ3) is 6.72. The smallest absolute Gasteiger partial charge is 0.412 e. The average Bonchev–Trinajstić information content (AvgIpc) is 3.84. The molecular formula is C37H40F2N8O7S. The Morgan fingerprint density at radius 1 is 1.11 bits per heavy atom. The monoisotopic (exact) mass is 778 g/mol. The van der Waals surface area contributed by atoms with Gasteiger partial charge in [-0.15, -0.1) is 11.3 Å². The zero-order chi connectivity index (χ0) is 38.8. The number of carboxylic acid groups (broad SMARTS) is 1. The van der Waals surface area contributed by atoms with Crippen molar-refractivity contribution in [3.8, 4) is 23.3 Å². The number of nitrogens with zero attached hydrogens (tertiary/aromatic N) is 7. The highest BCUT2D eigenvalue weighted by Crippen LogP contribution is 2.48. The molecule has 3 atom stereocenters. The maximum atomic E-state index is 17.6. The minimum absolute atomic E-state index is 0.00264. The standard InChI is InChI=1S/C37H40F2N8O7S/c1-18(45-7-9-51-10-8-45)15-53-34-42-30-27(32(43-34)47-19-5-6-20(47)14-46(13-19)36(49)50)23-17-52-16-22(23)25(28(30)39)29-26-21(11-40)33(44-35(48)54-37(2,3)4)55-31(26)24(38)12-41-29/h12,18-20H,5-10,13-17H2,1-4H3,(H,44,48)(H,49,50)/t18-,19?,20?/m0/s1. The molecule has 3 aromatic heterocycles. The van der Waals surface area contributed by atoms with Crippen LogP contribution in [0.25, 0.3) is 32.2 Å². The summed E-state index contributed by atoms with van der Waals surface area (Å²) in [6.45, 7) is 10.6. The number of hydrogen-bond donors (Lipinski definition) is 2. The molecule has 3 fully saturated rings. The molecule has 2 bridgehead atoms. The molecule has 290 valence electrons. The number of fused-ring (bicyclic) bond motifs is 6. The number of halogens is 2. The highest BCUT2D eigenvalue weighted by atomic mass is 32.1. The number of morpholine rings is 1. The summed E-state index contributed by atoms with van der Waals surface area (Å²) in [7, 11) is 0. The first-order valence-electron chi connectivity index (χ1n) is 18.2. The number of amides is 2. The van der Waals surface area contributed by atoms with Gasteiger partial charge in [0, 0.05) is 55.3 Å². The van der Waals surface area contributed by atoms with Crippen molar-refractivity contribution in [2.75, 3.05) is 56.2 Å². The van der Waals surface area contributed by atoms with Gasteiger partial charge in [0.2, 0.25) is 0 Å². The topological polar surface area (TPSA) is 176 Å². The van der Waals surface area contributed by atoms with E-state index in [-0.39, 0.29) is 94.5 Å². The van der Waals surface area contributed by atoms with Gasteiger partial charge >= 0.3 is 18.2 Å². The molecule has 0 saturated carbocycles. The molecule has 4 aromatic rings. The number of likely N-dealkylation sites (tertiary alicyclic amines) is 1. The molecule has 0 spiro atoms. The van der Waals surface area contributed by atoms with Crippen molar-refractivity contribution in [3.63, 3.8) is 0 Å². The highest BCUT2D eigenvalue weighted by molar-refractivity contribution is 7.23. The Hall–Kier alpha value is -4.96. The van der Waals surface area contributed by atoms with E-state index < -0.39 is 29.4 Å². The number of carbonyl (C=O) groups is 2. The number of carbonyl (C=O) groups excluding carboxylic acids is 1. The fraction of sp³-hybridized carbons (Fsp3) is 0.514. The van der Waals surface area contributed by atoms with Gasteiger partial charge in [0.1, 0.15) is 34.6 Å². The van der Waals surface area contributed by atoms with Crippen LogP contribution in [0.4, 0.5) is 29.2 Å². The van der Waals surface area contributed by atoms with Gasteiger partial charge in [-0.25, -0.2) is 18.4 Å². The van der Waals surface area contributed by atoms with Crippen LogP contribution in [0.1, 0.15) is 57.2 Å². The summed E-state index contributed by atoms with van der Waals surface area (Å²) in [5.74, 6) is -1.11. The summed E-state index contributed by atoms with van der Waals surface area (Å²) >= 11 is 0.822. The van der Waals surface area contributed by atoms with Crippen LogP contribution in [-0.4, -0.2) is 112 Å². The van der Waals surface area contributed by atoms with E-state index in [0.29, 0.717) is 35.5 Å². The van der Waals surface area contributed by atoms with E-state index in [2.05, 4.69) is 31.2 Å². The molecule has 3 saturated heterocycles. The number of anilines is 2. The molecule has 1 aromatic carbocycles. The fourth-order valence-electron chi connectivity index (χ4n) is 8.06. The number of ether oxygens (including phenoxy) is 4. The highest BCUT2D eigenvalue weighted by Gasteiger charge is 2.44. The van der Waals surface area contributed by atoms with Crippen molar-refractivity contribution >= 4 is 55.3 Å². The number of hydrogen-bond acceptors (Lipinski definition) is 13. The lowest BCUT2D eigenvalue weighted by Crippen LogP contribution is -2.55. The van der Waals surface area contributed by atoms with E-state index in [1.54, 1.807) is 20.8 Å². The van der Waals surface area contributed by atoms with Crippen LogP contribution in [0.5, 0.6) is 6.01 Å².